The van der Waals surface area contributed by atoms with Gasteiger partial charge in [-0.05, 0) is 12.8 Å². The van der Waals surface area contributed by atoms with Gasteiger partial charge in [-0.15, -0.1) is 11.8 Å². The number of nitrogens with zero attached hydrogens (tertiary/aromatic N) is 2. The minimum absolute atomic E-state index is 0.136. The molecular weight excluding hydrogens is 372 g/mol. The van der Waals surface area contributed by atoms with Crippen LogP contribution in [0.4, 0.5) is 0 Å². The summed E-state index contributed by atoms with van der Waals surface area (Å²) in [4.78, 5) is 51.6. The van der Waals surface area contributed by atoms with E-state index in [9.17, 15) is 19.2 Å². The van der Waals surface area contributed by atoms with Gasteiger partial charge in [0.25, 0.3) is 5.91 Å². The highest BCUT2D eigenvalue weighted by Gasteiger charge is 2.35. The number of amides is 2. The molecule has 146 valence electrons. The molecule has 4 atom stereocenters. The number of piperidine rings is 1. The summed E-state index contributed by atoms with van der Waals surface area (Å²) < 4.78 is 1.31. The number of nitrogens with one attached hydrogen (secondary N) is 2. The van der Waals surface area contributed by atoms with Crippen molar-refractivity contribution in [3.8, 4) is 0 Å². The van der Waals surface area contributed by atoms with Gasteiger partial charge in [0.1, 0.15) is 17.7 Å². The fraction of sp³-hybridized carbons (Fsp3) is 0.562. The van der Waals surface area contributed by atoms with E-state index < -0.39 is 29.4 Å². The third-order valence-corrected chi connectivity index (χ3v) is 5.83. The van der Waals surface area contributed by atoms with Crippen LogP contribution in [0.2, 0.25) is 0 Å². The third-order valence-electron chi connectivity index (χ3n) is 4.60. The Bertz CT molecular complexity index is 766. The first-order valence-corrected chi connectivity index (χ1v) is 9.72. The Morgan fingerprint density at radius 1 is 1.37 bits per heavy atom. The van der Waals surface area contributed by atoms with Gasteiger partial charge in [-0.2, -0.15) is 0 Å². The lowest BCUT2D eigenvalue weighted by atomic mass is 10.0. The lowest BCUT2D eigenvalue weighted by Crippen LogP contribution is -2.48. The molecule has 10 nitrogen and oxygen atoms in total. The number of Topliss-reactive ketones (excluding diaryl/α,β-unsaturated/α-hetero) is 1. The molecule has 2 aliphatic heterocycles. The SMILES string of the molecule is NC(=O)C1CSC(C(=O)[C@@H](N)Cc2cn(C(=O)C3CCCC(=O)N3)cn2)N1. The van der Waals surface area contributed by atoms with Crippen LogP contribution < -0.4 is 22.1 Å². The van der Waals surface area contributed by atoms with Gasteiger partial charge < -0.3 is 16.8 Å². The number of rotatable bonds is 6. The van der Waals surface area contributed by atoms with Crippen LogP contribution in [0.3, 0.4) is 0 Å². The fourth-order valence-electron chi connectivity index (χ4n) is 3.08. The quantitative estimate of drug-likeness (QED) is 0.437. The van der Waals surface area contributed by atoms with Gasteiger partial charge in [0.2, 0.25) is 11.8 Å². The number of ketones is 1. The second kappa shape index (κ2) is 8.19. The topological polar surface area (TPSA) is 162 Å². The molecule has 11 heteroatoms. The molecule has 1 aromatic rings. The number of aromatic nitrogens is 2. The molecule has 0 spiro atoms. The zero-order valence-corrected chi connectivity index (χ0v) is 15.4. The number of hydrogen-bond acceptors (Lipinski definition) is 8. The van der Waals surface area contributed by atoms with E-state index in [4.69, 9.17) is 11.5 Å². The largest absolute Gasteiger partial charge is 0.368 e. The van der Waals surface area contributed by atoms with Crippen molar-refractivity contribution < 1.29 is 19.2 Å². The lowest BCUT2D eigenvalue weighted by Gasteiger charge is -2.21. The first-order chi connectivity index (χ1) is 12.8. The van der Waals surface area contributed by atoms with E-state index in [2.05, 4.69) is 15.6 Å². The Morgan fingerprint density at radius 3 is 2.81 bits per heavy atom. The zero-order valence-electron chi connectivity index (χ0n) is 14.6. The summed E-state index contributed by atoms with van der Waals surface area (Å²) in [5.74, 6) is -0.723. The fourth-order valence-corrected chi connectivity index (χ4v) is 4.33. The maximum atomic E-state index is 12.4. The molecule has 0 bridgehead atoms. The van der Waals surface area contributed by atoms with E-state index in [0.717, 1.165) is 0 Å². The van der Waals surface area contributed by atoms with E-state index in [-0.39, 0.29) is 24.0 Å². The van der Waals surface area contributed by atoms with Gasteiger partial charge in [0.15, 0.2) is 5.78 Å². The normalized spacial score (nSPS) is 26.4. The molecule has 0 aromatic carbocycles. The molecule has 2 saturated heterocycles. The van der Waals surface area contributed by atoms with Crippen molar-refractivity contribution in [1.29, 1.82) is 0 Å². The summed E-state index contributed by atoms with van der Waals surface area (Å²) in [6.07, 6.45) is 4.73. The molecule has 0 radical (unpaired) electrons. The molecule has 2 amide bonds. The summed E-state index contributed by atoms with van der Waals surface area (Å²) in [6, 6.07) is -1.93. The van der Waals surface area contributed by atoms with Crippen LogP contribution in [0, 0.1) is 0 Å². The maximum absolute atomic E-state index is 12.4. The average Bonchev–Trinajstić information content (AvgIpc) is 3.30. The smallest absolute Gasteiger partial charge is 0.254 e. The Labute approximate surface area is 159 Å². The Kier molecular flexibility index (Phi) is 5.92. The number of imidazole rings is 1. The van der Waals surface area contributed by atoms with Gasteiger partial charge in [0, 0.05) is 24.8 Å². The van der Waals surface area contributed by atoms with Crippen LogP contribution in [0.5, 0.6) is 0 Å². The van der Waals surface area contributed by atoms with Crippen LogP contribution in [0.25, 0.3) is 0 Å². The highest BCUT2D eigenvalue weighted by atomic mass is 32.2. The highest BCUT2D eigenvalue weighted by molar-refractivity contribution is 8.00. The summed E-state index contributed by atoms with van der Waals surface area (Å²) >= 11 is 1.29. The summed E-state index contributed by atoms with van der Waals surface area (Å²) in [6.45, 7) is 0. The third kappa shape index (κ3) is 4.54. The van der Waals surface area contributed by atoms with Crippen molar-refractivity contribution >= 4 is 35.3 Å². The average molecular weight is 394 g/mol. The molecule has 0 saturated carbocycles. The molecule has 6 N–H and O–H groups in total. The number of nitrogens with two attached hydrogens (primary N) is 2. The van der Waals surface area contributed by atoms with Gasteiger partial charge >= 0.3 is 0 Å². The number of carbonyl (C=O) groups excluding carboxylic acids is 4. The second-order valence-electron chi connectivity index (χ2n) is 6.67. The predicted octanol–water partition coefficient (Wildman–Crippen LogP) is -1.85. The molecule has 3 heterocycles. The summed E-state index contributed by atoms with van der Waals surface area (Å²) in [5, 5.41) is 4.95. The van der Waals surface area contributed by atoms with Gasteiger partial charge in [0.05, 0.1) is 17.8 Å². The first kappa shape index (κ1) is 19.5. The Balaban J connectivity index is 1.57. The minimum atomic E-state index is -0.825. The van der Waals surface area contributed by atoms with E-state index >= 15 is 0 Å². The van der Waals surface area contributed by atoms with Crippen molar-refractivity contribution in [1.82, 2.24) is 20.2 Å². The lowest BCUT2D eigenvalue weighted by molar-refractivity contribution is -0.123. The van der Waals surface area contributed by atoms with E-state index in [1.165, 1.54) is 28.9 Å². The van der Waals surface area contributed by atoms with Crippen LogP contribution in [0.1, 0.15) is 29.8 Å². The van der Waals surface area contributed by atoms with Crippen molar-refractivity contribution in [2.45, 2.75) is 49.2 Å². The predicted molar refractivity (Wildman–Crippen MR) is 97.7 cm³/mol. The molecule has 3 rings (SSSR count). The van der Waals surface area contributed by atoms with Crippen molar-refractivity contribution in [3.05, 3.63) is 18.2 Å². The molecule has 2 fully saturated rings. The number of hydrogen-bond donors (Lipinski definition) is 4. The number of carbonyl (C=O) groups is 4. The van der Waals surface area contributed by atoms with Gasteiger partial charge in [-0.1, -0.05) is 0 Å². The van der Waals surface area contributed by atoms with Crippen LogP contribution in [-0.4, -0.2) is 62.3 Å². The molecule has 2 aliphatic rings. The van der Waals surface area contributed by atoms with Crippen molar-refractivity contribution in [3.63, 3.8) is 0 Å². The summed E-state index contributed by atoms with van der Waals surface area (Å²) in [7, 11) is 0. The standard InChI is InChI=1S/C16H22N6O4S/c17-9(13(24)15-21-11(6-27-15)14(18)25)4-8-5-22(7-19-8)16(26)10-2-1-3-12(23)20-10/h5,7,9-11,15,21H,1-4,6,17H2,(H2,18,25)(H,20,23)/t9-,10?,11?,15?/m0/s1. The molecule has 0 aliphatic carbocycles. The van der Waals surface area contributed by atoms with Crippen LogP contribution in [0.15, 0.2) is 12.5 Å². The van der Waals surface area contributed by atoms with Crippen molar-refractivity contribution in [2.75, 3.05) is 5.75 Å². The Hall–Kier alpha value is -2.24. The minimum Gasteiger partial charge on any atom is -0.368 e. The number of thioether (sulfide) groups is 1. The van der Waals surface area contributed by atoms with E-state index in [1.807, 2.05) is 0 Å². The van der Waals surface area contributed by atoms with Crippen molar-refractivity contribution in [2.24, 2.45) is 11.5 Å². The zero-order chi connectivity index (χ0) is 19.6. The molecular formula is C16H22N6O4S. The molecule has 3 unspecified atom stereocenters. The molecule has 1 aromatic heterocycles. The number of primary amides is 1. The summed E-state index contributed by atoms with van der Waals surface area (Å²) in [5.41, 5.74) is 11.7. The Morgan fingerprint density at radius 2 is 2.15 bits per heavy atom. The maximum Gasteiger partial charge on any atom is 0.254 e. The highest BCUT2D eigenvalue weighted by Crippen LogP contribution is 2.21. The van der Waals surface area contributed by atoms with Crippen LogP contribution >= 0.6 is 11.8 Å². The first-order valence-electron chi connectivity index (χ1n) is 8.68. The van der Waals surface area contributed by atoms with Gasteiger partial charge in [-0.3, -0.25) is 29.1 Å². The van der Waals surface area contributed by atoms with E-state index in [0.29, 0.717) is 30.7 Å². The monoisotopic (exact) mass is 394 g/mol. The van der Waals surface area contributed by atoms with Crippen LogP contribution in [-0.2, 0) is 20.8 Å². The van der Waals surface area contributed by atoms with E-state index in [1.54, 1.807) is 0 Å². The molecule has 27 heavy (non-hydrogen) atoms. The van der Waals surface area contributed by atoms with Gasteiger partial charge in [-0.25, -0.2) is 4.98 Å². The second-order valence-corrected chi connectivity index (χ2v) is 7.81.